The van der Waals surface area contributed by atoms with E-state index >= 15 is 0 Å². The Morgan fingerprint density at radius 1 is 1.11 bits per heavy atom. The second kappa shape index (κ2) is 11.7. The normalized spacial score (nSPS) is 15.2. The number of nitrogens with zero attached hydrogens (tertiary/aromatic N) is 1. The average Bonchev–Trinajstić information content (AvgIpc) is 2.40. The molecule has 1 saturated heterocycles. The van der Waals surface area contributed by atoms with Crippen LogP contribution in [0.4, 0.5) is 0 Å². The Morgan fingerprint density at radius 2 is 1.67 bits per heavy atom. The number of ether oxygens (including phenoxy) is 1. The maximum Gasteiger partial charge on any atom is 2.00 e. The third-order valence-corrected chi connectivity index (χ3v) is 2.47. The van der Waals surface area contributed by atoms with Gasteiger partial charge >= 0.3 is 16.8 Å². The first-order valence-electron chi connectivity index (χ1n) is 6.30. The summed E-state index contributed by atoms with van der Waals surface area (Å²) in [5.74, 6) is 0. The Balaban J connectivity index is 0.000000660. The van der Waals surface area contributed by atoms with Gasteiger partial charge in [0.1, 0.15) is 0 Å². The SMILES string of the molecule is C[CH-]C.[Co+2].c1ccc(C[CH-]N2CCOCC2)cc1. The molecule has 0 aromatic heterocycles. The smallest absolute Gasteiger partial charge is 0.452 e. The van der Waals surface area contributed by atoms with Crippen LogP contribution < -0.4 is 0 Å². The molecule has 2 rings (SSSR count). The van der Waals surface area contributed by atoms with Crippen LogP contribution in [0.3, 0.4) is 0 Å². The van der Waals surface area contributed by atoms with Crippen LogP contribution in [0.1, 0.15) is 19.4 Å². The van der Waals surface area contributed by atoms with Crippen LogP contribution in [0.5, 0.6) is 0 Å². The molecule has 3 heteroatoms. The number of rotatable bonds is 3. The molecule has 0 amide bonds. The van der Waals surface area contributed by atoms with Crippen molar-refractivity contribution in [3.63, 3.8) is 0 Å². The summed E-state index contributed by atoms with van der Waals surface area (Å²) in [5.41, 5.74) is 1.37. The van der Waals surface area contributed by atoms with E-state index in [1.165, 1.54) is 5.56 Å². The summed E-state index contributed by atoms with van der Waals surface area (Å²) in [5, 5.41) is 0. The first-order chi connectivity index (χ1) is 8.36. The van der Waals surface area contributed by atoms with Crippen LogP contribution in [-0.4, -0.2) is 31.2 Å². The van der Waals surface area contributed by atoms with Crippen LogP contribution in [0.25, 0.3) is 0 Å². The molecule has 0 aliphatic carbocycles. The Hall–Kier alpha value is -0.354. The molecule has 0 N–H and O–H groups in total. The molecule has 1 aliphatic heterocycles. The van der Waals surface area contributed by atoms with E-state index < -0.39 is 0 Å². The zero-order valence-corrected chi connectivity index (χ0v) is 12.3. The molecule has 0 spiro atoms. The maximum atomic E-state index is 5.29. The van der Waals surface area contributed by atoms with Crippen molar-refractivity contribution < 1.29 is 21.5 Å². The molecule has 0 atom stereocenters. The van der Waals surface area contributed by atoms with Crippen LogP contribution in [0, 0.1) is 13.0 Å². The molecule has 2 nitrogen and oxygen atoms in total. The molecule has 1 radical (unpaired) electrons. The van der Waals surface area contributed by atoms with E-state index in [-0.39, 0.29) is 16.8 Å². The van der Waals surface area contributed by atoms with Crippen LogP contribution in [0.15, 0.2) is 30.3 Å². The fourth-order valence-corrected chi connectivity index (χ4v) is 1.61. The van der Waals surface area contributed by atoms with Gasteiger partial charge in [0.25, 0.3) is 0 Å². The van der Waals surface area contributed by atoms with Crippen molar-refractivity contribution in [2.45, 2.75) is 20.3 Å². The third kappa shape index (κ3) is 7.87. The molecule has 1 heterocycles. The van der Waals surface area contributed by atoms with Crippen molar-refractivity contribution in [2.75, 3.05) is 26.3 Å². The van der Waals surface area contributed by atoms with E-state index in [2.05, 4.69) is 41.8 Å². The van der Waals surface area contributed by atoms with E-state index in [0.29, 0.717) is 0 Å². The Kier molecular flexibility index (Phi) is 11.5. The van der Waals surface area contributed by atoms with E-state index in [9.17, 15) is 0 Å². The molecule has 1 aliphatic rings. The first-order valence-corrected chi connectivity index (χ1v) is 6.30. The second-order valence-electron chi connectivity index (χ2n) is 4.10. The molecule has 0 bridgehead atoms. The zero-order valence-electron chi connectivity index (χ0n) is 11.3. The van der Waals surface area contributed by atoms with Crippen LogP contribution in [-0.2, 0) is 27.9 Å². The largest absolute Gasteiger partial charge is 2.00 e. The minimum atomic E-state index is 0. The summed E-state index contributed by atoms with van der Waals surface area (Å²) in [4.78, 5) is 2.34. The Bertz CT molecular complexity index is 273. The standard InChI is InChI=1S/C12H16NO.C3H7.Co/c1-2-4-12(5-3-1)6-7-13-8-10-14-11-9-13;1-3-2;/h1-5,7H,6,8-11H2;3H,1-2H3;/q2*-1;+2. The number of hydrogen-bond donors (Lipinski definition) is 0. The molecule has 1 fully saturated rings. The Morgan fingerprint density at radius 3 is 2.22 bits per heavy atom. The van der Waals surface area contributed by atoms with Crippen LogP contribution in [0.2, 0.25) is 0 Å². The Labute approximate surface area is 122 Å². The van der Waals surface area contributed by atoms with E-state index in [1.54, 1.807) is 0 Å². The fraction of sp³-hybridized carbons (Fsp3) is 0.467. The fourth-order valence-electron chi connectivity index (χ4n) is 1.61. The molecular formula is C15H23CoNO. The van der Waals surface area contributed by atoms with Crippen LogP contribution >= 0.6 is 0 Å². The van der Waals surface area contributed by atoms with E-state index in [0.717, 1.165) is 32.7 Å². The van der Waals surface area contributed by atoms with Crippen molar-refractivity contribution in [3.8, 4) is 0 Å². The van der Waals surface area contributed by atoms with E-state index in [4.69, 9.17) is 4.74 Å². The average molecular weight is 292 g/mol. The summed E-state index contributed by atoms with van der Waals surface area (Å²) >= 11 is 0. The quantitative estimate of drug-likeness (QED) is 0.794. The summed E-state index contributed by atoms with van der Waals surface area (Å²) in [6, 6.07) is 10.6. The van der Waals surface area contributed by atoms with Crippen molar-refractivity contribution >= 4 is 0 Å². The van der Waals surface area contributed by atoms with Crippen molar-refractivity contribution in [3.05, 3.63) is 48.9 Å². The maximum absolute atomic E-state index is 5.29. The molecule has 0 unspecified atom stereocenters. The monoisotopic (exact) mass is 292 g/mol. The van der Waals surface area contributed by atoms with Gasteiger partial charge in [-0.25, -0.2) is 0 Å². The summed E-state index contributed by atoms with van der Waals surface area (Å²) < 4.78 is 5.29. The van der Waals surface area contributed by atoms with Gasteiger partial charge in [0, 0.05) is 0 Å². The molecule has 103 valence electrons. The molecule has 0 saturated carbocycles. The van der Waals surface area contributed by atoms with Gasteiger partial charge in [0.2, 0.25) is 0 Å². The minimum absolute atomic E-state index is 0. The number of morpholine rings is 1. The minimum Gasteiger partial charge on any atom is -0.452 e. The molecular weight excluding hydrogens is 269 g/mol. The van der Waals surface area contributed by atoms with Gasteiger partial charge in [0.05, 0.1) is 13.2 Å². The zero-order chi connectivity index (χ0) is 12.3. The van der Waals surface area contributed by atoms with Gasteiger partial charge in [-0.1, -0.05) is 35.9 Å². The van der Waals surface area contributed by atoms with Crippen molar-refractivity contribution in [1.82, 2.24) is 4.90 Å². The van der Waals surface area contributed by atoms with Gasteiger partial charge in [-0.3, -0.25) is 6.54 Å². The predicted molar refractivity (Wildman–Crippen MR) is 72.5 cm³/mol. The second-order valence-corrected chi connectivity index (χ2v) is 4.10. The van der Waals surface area contributed by atoms with Gasteiger partial charge in [-0.15, -0.1) is 6.42 Å². The summed E-state index contributed by atoms with van der Waals surface area (Å²) in [6.07, 6.45) is 3.03. The topological polar surface area (TPSA) is 12.5 Å². The molecule has 18 heavy (non-hydrogen) atoms. The van der Waals surface area contributed by atoms with Gasteiger partial charge in [-0.05, 0) is 13.1 Å². The summed E-state index contributed by atoms with van der Waals surface area (Å²) in [7, 11) is 0. The van der Waals surface area contributed by atoms with Gasteiger partial charge < -0.3 is 16.1 Å². The number of hydrogen-bond acceptors (Lipinski definition) is 2. The predicted octanol–water partition coefficient (Wildman–Crippen LogP) is 2.95. The van der Waals surface area contributed by atoms with Crippen molar-refractivity contribution in [1.29, 1.82) is 0 Å². The van der Waals surface area contributed by atoms with Gasteiger partial charge in [0.15, 0.2) is 0 Å². The third-order valence-electron chi connectivity index (χ3n) is 2.47. The summed E-state index contributed by atoms with van der Waals surface area (Å²) in [6.45, 7) is 10.1. The van der Waals surface area contributed by atoms with Crippen molar-refractivity contribution in [2.24, 2.45) is 0 Å². The van der Waals surface area contributed by atoms with E-state index in [1.807, 2.05) is 20.3 Å². The molecule has 1 aromatic carbocycles. The molecule has 1 aromatic rings. The number of benzene rings is 1. The first kappa shape index (κ1) is 17.6. The van der Waals surface area contributed by atoms with Gasteiger partial charge in [-0.2, -0.15) is 13.8 Å².